The maximum absolute atomic E-state index is 12.1. The second kappa shape index (κ2) is 6.05. The number of benzene rings is 1. The van der Waals surface area contributed by atoms with Gasteiger partial charge >= 0.3 is 5.97 Å². The van der Waals surface area contributed by atoms with Crippen LogP contribution in [0, 0.1) is 5.41 Å². The fourth-order valence-corrected chi connectivity index (χ4v) is 2.62. The fourth-order valence-electron chi connectivity index (χ4n) is 2.62. The second-order valence-electron chi connectivity index (χ2n) is 5.48. The van der Waals surface area contributed by atoms with Gasteiger partial charge in [0.1, 0.15) is 0 Å². The average molecular weight is 276 g/mol. The number of hydrogen-bond donors (Lipinski definition) is 3. The molecular formula is C15H20N2O3. The molecule has 1 saturated carbocycles. The summed E-state index contributed by atoms with van der Waals surface area (Å²) in [5.74, 6) is -1.30. The zero-order valence-electron chi connectivity index (χ0n) is 11.3. The predicted octanol–water partition coefficient (Wildman–Crippen LogP) is 1.45. The molecule has 4 N–H and O–H groups in total. The molecule has 1 atom stereocenters. The zero-order chi connectivity index (χ0) is 14.6. The summed E-state index contributed by atoms with van der Waals surface area (Å²) in [5, 5.41) is 11.9. The van der Waals surface area contributed by atoms with Crippen LogP contribution in [0.25, 0.3) is 0 Å². The quantitative estimate of drug-likeness (QED) is 0.733. The fraction of sp³-hybridized carbons (Fsp3) is 0.467. The number of amides is 1. The zero-order valence-corrected chi connectivity index (χ0v) is 11.3. The Balaban J connectivity index is 2.02. The van der Waals surface area contributed by atoms with Gasteiger partial charge in [-0.1, -0.05) is 36.8 Å². The number of carboxylic acid groups (broad SMARTS) is 1. The van der Waals surface area contributed by atoms with Crippen molar-refractivity contribution in [2.45, 2.75) is 31.7 Å². The molecule has 0 aliphatic heterocycles. The Kier molecular flexibility index (Phi) is 4.39. The molecule has 108 valence electrons. The van der Waals surface area contributed by atoms with Gasteiger partial charge in [0.05, 0.1) is 0 Å². The van der Waals surface area contributed by atoms with Crippen molar-refractivity contribution in [1.82, 2.24) is 5.32 Å². The summed E-state index contributed by atoms with van der Waals surface area (Å²) >= 11 is 0. The smallest absolute Gasteiger partial charge is 0.330 e. The highest BCUT2D eigenvalue weighted by molar-refractivity contribution is 5.84. The summed E-state index contributed by atoms with van der Waals surface area (Å²) in [4.78, 5) is 23.4. The first kappa shape index (κ1) is 14.5. The van der Waals surface area contributed by atoms with Crippen molar-refractivity contribution in [2.24, 2.45) is 11.1 Å². The Labute approximate surface area is 118 Å². The lowest BCUT2D eigenvalue weighted by atomic mass is 9.66. The van der Waals surface area contributed by atoms with Gasteiger partial charge in [-0.3, -0.25) is 4.79 Å². The van der Waals surface area contributed by atoms with Gasteiger partial charge < -0.3 is 16.2 Å². The highest BCUT2D eigenvalue weighted by Gasteiger charge is 2.38. The summed E-state index contributed by atoms with van der Waals surface area (Å²) in [6.07, 6.45) is 3.28. The largest absolute Gasteiger partial charge is 0.479 e. The molecule has 1 aromatic carbocycles. The van der Waals surface area contributed by atoms with E-state index in [-0.39, 0.29) is 11.3 Å². The van der Waals surface area contributed by atoms with Gasteiger partial charge in [-0.25, -0.2) is 4.79 Å². The lowest BCUT2D eigenvalue weighted by molar-refractivity contribution is -0.142. The standard InChI is InChI=1S/C15H20N2O3/c16-10-15(7-4-8-15)9-12(18)17-13(14(19)20)11-5-2-1-3-6-11/h1-3,5-6,13H,4,7-10,16H2,(H,17,18)(H,19,20)/t13-/m0/s1. The van der Waals surface area contributed by atoms with E-state index in [1.165, 1.54) is 0 Å². The minimum absolute atomic E-state index is 0.121. The van der Waals surface area contributed by atoms with Crippen molar-refractivity contribution in [3.63, 3.8) is 0 Å². The summed E-state index contributed by atoms with van der Waals surface area (Å²) < 4.78 is 0. The molecule has 0 aromatic heterocycles. The third-order valence-corrected chi connectivity index (χ3v) is 4.07. The number of carboxylic acids is 1. The molecule has 5 heteroatoms. The van der Waals surface area contributed by atoms with Crippen molar-refractivity contribution in [3.8, 4) is 0 Å². The first-order valence-electron chi connectivity index (χ1n) is 6.83. The molecule has 5 nitrogen and oxygen atoms in total. The normalized spacial score (nSPS) is 17.9. The second-order valence-corrected chi connectivity index (χ2v) is 5.48. The van der Waals surface area contributed by atoms with Gasteiger partial charge in [-0.2, -0.15) is 0 Å². The van der Waals surface area contributed by atoms with Crippen LogP contribution in [0.3, 0.4) is 0 Å². The maximum Gasteiger partial charge on any atom is 0.330 e. The number of nitrogens with two attached hydrogens (primary N) is 1. The van der Waals surface area contributed by atoms with Crippen LogP contribution in [-0.4, -0.2) is 23.5 Å². The van der Waals surface area contributed by atoms with E-state index in [0.717, 1.165) is 19.3 Å². The summed E-state index contributed by atoms with van der Waals surface area (Å²) in [6.45, 7) is 0.476. The molecule has 20 heavy (non-hydrogen) atoms. The Morgan fingerprint density at radius 1 is 1.30 bits per heavy atom. The molecule has 0 heterocycles. The number of rotatable bonds is 6. The van der Waals surface area contributed by atoms with E-state index < -0.39 is 12.0 Å². The molecule has 0 bridgehead atoms. The first-order chi connectivity index (χ1) is 9.56. The maximum atomic E-state index is 12.1. The Hall–Kier alpha value is -1.88. The number of carbonyl (C=O) groups is 2. The van der Waals surface area contributed by atoms with Crippen LogP contribution in [0.5, 0.6) is 0 Å². The highest BCUT2D eigenvalue weighted by Crippen LogP contribution is 2.42. The number of carbonyl (C=O) groups excluding carboxylic acids is 1. The van der Waals surface area contributed by atoms with E-state index in [9.17, 15) is 14.7 Å². The SMILES string of the molecule is NCC1(CC(=O)N[C@H](C(=O)O)c2ccccc2)CCC1. The molecule has 1 aliphatic rings. The van der Waals surface area contributed by atoms with Crippen LogP contribution in [0.15, 0.2) is 30.3 Å². The van der Waals surface area contributed by atoms with E-state index >= 15 is 0 Å². The molecule has 0 radical (unpaired) electrons. The van der Waals surface area contributed by atoms with Gasteiger partial charge in [0.25, 0.3) is 0 Å². The van der Waals surface area contributed by atoms with E-state index in [2.05, 4.69) is 5.32 Å². The first-order valence-corrected chi connectivity index (χ1v) is 6.83. The number of aliphatic carboxylic acids is 1. The molecule has 0 saturated heterocycles. The van der Waals surface area contributed by atoms with Crippen LogP contribution in [0.2, 0.25) is 0 Å². The Morgan fingerprint density at radius 2 is 1.95 bits per heavy atom. The molecule has 1 fully saturated rings. The summed E-state index contributed by atoms with van der Waals surface area (Å²) in [6, 6.07) is 7.71. The van der Waals surface area contributed by atoms with Crippen LogP contribution in [0.4, 0.5) is 0 Å². The van der Waals surface area contributed by atoms with Crippen LogP contribution in [0.1, 0.15) is 37.3 Å². The Bertz CT molecular complexity index is 478. The highest BCUT2D eigenvalue weighted by atomic mass is 16.4. The van der Waals surface area contributed by atoms with Crippen LogP contribution in [-0.2, 0) is 9.59 Å². The minimum atomic E-state index is -1.06. The van der Waals surface area contributed by atoms with Gasteiger partial charge in [-0.15, -0.1) is 0 Å². The molecular weight excluding hydrogens is 256 g/mol. The molecule has 2 rings (SSSR count). The molecule has 0 unspecified atom stereocenters. The Morgan fingerprint density at radius 3 is 2.40 bits per heavy atom. The van der Waals surface area contributed by atoms with Crippen molar-refractivity contribution < 1.29 is 14.7 Å². The van der Waals surface area contributed by atoms with Gasteiger partial charge in [0.15, 0.2) is 6.04 Å². The third-order valence-electron chi connectivity index (χ3n) is 4.07. The summed E-state index contributed by atoms with van der Waals surface area (Å²) in [7, 11) is 0. The van der Waals surface area contributed by atoms with Gasteiger partial charge in [-0.05, 0) is 30.4 Å². The van der Waals surface area contributed by atoms with E-state index in [1.807, 2.05) is 6.07 Å². The monoisotopic (exact) mass is 276 g/mol. The molecule has 1 aromatic rings. The van der Waals surface area contributed by atoms with E-state index in [0.29, 0.717) is 18.5 Å². The predicted molar refractivity (Wildman–Crippen MR) is 74.9 cm³/mol. The van der Waals surface area contributed by atoms with Gasteiger partial charge in [0.2, 0.25) is 5.91 Å². The van der Waals surface area contributed by atoms with E-state index in [4.69, 9.17) is 5.73 Å². The van der Waals surface area contributed by atoms with Crippen molar-refractivity contribution in [1.29, 1.82) is 0 Å². The molecule has 0 spiro atoms. The van der Waals surface area contributed by atoms with Gasteiger partial charge in [0, 0.05) is 6.42 Å². The molecule has 1 amide bonds. The van der Waals surface area contributed by atoms with Crippen LogP contribution >= 0.6 is 0 Å². The average Bonchev–Trinajstić information content (AvgIpc) is 2.41. The lowest BCUT2D eigenvalue weighted by Gasteiger charge is -2.40. The topological polar surface area (TPSA) is 92.4 Å². The van der Waals surface area contributed by atoms with Crippen molar-refractivity contribution in [3.05, 3.63) is 35.9 Å². The lowest BCUT2D eigenvalue weighted by Crippen LogP contribution is -2.43. The third kappa shape index (κ3) is 3.17. The van der Waals surface area contributed by atoms with Crippen LogP contribution < -0.4 is 11.1 Å². The van der Waals surface area contributed by atoms with E-state index in [1.54, 1.807) is 24.3 Å². The van der Waals surface area contributed by atoms with Crippen molar-refractivity contribution in [2.75, 3.05) is 6.54 Å². The minimum Gasteiger partial charge on any atom is -0.479 e. The number of nitrogens with one attached hydrogen (secondary N) is 1. The number of hydrogen-bond acceptors (Lipinski definition) is 3. The molecule has 1 aliphatic carbocycles. The summed E-state index contributed by atoms with van der Waals surface area (Å²) in [5.41, 5.74) is 6.17. The van der Waals surface area contributed by atoms with Crippen molar-refractivity contribution >= 4 is 11.9 Å².